The van der Waals surface area contributed by atoms with Gasteiger partial charge in [0.1, 0.15) is 11.6 Å². The number of rotatable bonds is 4. The van der Waals surface area contributed by atoms with Gasteiger partial charge < -0.3 is 10.1 Å². The van der Waals surface area contributed by atoms with E-state index in [1.165, 1.54) is 18.2 Å². The number of fused-ring (bicyclic) bond motifs is 1. The number of ether oxygens (including phenoxy) is 1. The number of anilines is 1. The third kappa shape index (κ3) is 3.38. The summed E-state index contributed by atoms with van der Waals surface area (Å²) < 4.78 is 18.2. The molecule has 0 aliphatic rings. The third-order valence-corrected chi connectivity index (χ3v) is 3.04. The van der Waals surface area contributed by atoms with E-state index in [4.69, 9.17) is 4.74 Å². The molecule has 0 saturated carbocycles. The molecule has 0 radical (unpaired) electrons. The number of carbonyl (C=O) groups is 1. The number of para-hydroxylation sites is 1. The Morgan fingerprint density at radius 1 is 1.14 bits per heavy atom. The Balaban J connectivity index is 1.63. The largest absolute Gasteiger partial charge is 0.484 e. The van der Waals surface area contributed by atoms with Crippen LogP contribution in [0.4, 0.5) is 10.1 Å². The van der Waals surface area contributed by atoms with Crippen molar-refractivity contribution in [3.05, 3.63) is 66.6 Å². The maximum atomic E-state index is 13.0. The molecule has 0 fully saturated rings. The highest BCUT2D eigenvalue weighted by atomic mass is 19.1. The summed E-state index contributed by atoms with van der Waals surface area (Å²) in [6.07, 6.45) is 1.59. The van der Waals surface area contributed by atoms with Crippen LogP contribution in [0.15, 0.2) is 60.8 Å². The minimum atomic E-state index is -0.406. The van der Waals surface area contributed by atoms with Crippen LogP contribution in [0.2, 0.25) is 0 Å². The normalized spacial score (nSPS) is 10.4. The lowest BCUT2D eigenvalue weighted by Crippen LogP contribution is -2.20. The summed E-state index contributed by atoms with van der Waals surface area (Å²) in [7, 11) is 0. The first-order chi connectivity index (χ1) is 10.7. The summed E-state index contributed by atoms with van der Waals surface area (Å²) in [6, 6.07) is 15.1. The van der Waals surface area contributed by atoms with Crippen molar-refractivity contribution in [1.82, 2.24) is 4.98 Å². The van der Waals surface area contributed by atoms with Crippen molar-refractivity contribution in [3.63, 3.8) is 0 Å². The minimum Gasteiger partial charge on any atom is -0.484 e. The average Bonchev–Trinajstić information content (AvgIpc) is 2.53. The van der Waals surface area contributed by atoms with Crippen LogP contribution in [-0.4, -0.2) is 17.5 Å². The standard InChI is InChI=1S/C17H13FN2O2/c18-13-5-3-6-15(9-13)22-11-17(21)20-14-8-12-4-1-2-7-16(12)19-10-14/h1-10H,11H2,(H,20,21). The molecule has 1 amide bonds. The summed E-state index contributed by atoms with van der Waals surface area (Å²) >= 11 is 0. The zero-order valence-electron chi connectivity index (χ0n) is 11.6. The lowest BCUT2D eigenvalue weighted by Gasteiger charge is -2.08. The second kappa shape index (κ2) is 6.22. The highest BCUT2D eigenvalue weighted by molar-refractivity contribution is 5.93. The van der Waals surface area contributed by atoms with Gasteiger partial charge in [-0.05, 0) is 24.3 Å². The number of hydrogen-bond acceptors (Lipinski definition) is 3. The van der Waals surface area contributed by atoms with Crippen molar-refractivity contribution in [2.45, 2.75) is 0 Å². The van der Waals surface area contributed by atoms with Gasteiger partial charge in [-0.1, -0.05) is 24.3 Å². The van der Waals surface area contributed by atoms with Crippen LogP contribution in [-0.2, 0) is 4.79 Å². The second-order valence-corrected chi connectivity index (χ2v) is 4.71. The number of aromatic nitrogens is 1. The molecular formula is C17H13FN2O2. The van der Waals surface area contributed by atoms with E-state index in [9.17, 15) is 9.18 Å². The Labute approximate surface area is 126 Å². The van der Waals surface area contributed by atoms with Crippen LogP contribution < -0.4 is 10.1 Å². The van der Waals surface area contributed by atoms with E-state index in [1.807, 2.05) is 30.3 Å². The van der Waals surface area contributed by atoms with Crippen LogP contribution in [0.25, 0.3) is 10.9 Å². The molecule has 1 N–H and O–H groups in total. The smallest absolute Gasteiger partial charge is 0.262 e. The molecule has 110 valence electrons. The van der Waals surface area contributed by atoms with Crippen LogP contribution >= 0.6 is 0 Å². The van der Waals surface area contributed by atoms with Crippen LogP contribution in [0.3, 0.4) is 0 Å². The highest BCUT2D eigenvalue weighted by Gasteiger charge is 2.05. The van der Waals surface area contributed by atoms with E-state index in [1.54, 1.807) is 12.3 Å². The fourth-order valence-electron chi connectivity index (χ4n) is 2.04. The van der Waals surface area contributed by atoms with Crippen molar-refractivity contribution in [3.8, 4) is 5.75 Å². The van der Waals surface area contributed by atoms with Crippen LogP contribution in [0.1, 0.15) is 0 Å². The van der Waals surface area contributed by atoms with Gasteiger partial charge in [-0.15, -0.1) is 0 Å². The topological polar surface area (TPSA) is 51.2 Å². The molecule has 2 aromatic carbocycles. The predicted octanol–water partition coefficient (Wildman–Crippen LogP) is 3.39. The minimum absolute atomic E-state index is 0.198. The molecule has 0 atom stereocenters. The van der Waals surface area contributed by atoms with Crippen molar-refractivity contribution >= 4 is 22.5 Å². The Bertz CT molecular complexity index is 820. The summed E-state index contributed by atoms with van der Waals surface area (Å²) in [6.45, 7) is -0.198. The first-order valence-electron chi connectivity index (χ1n) is 6.74. The lowest BCUT2D eigenvalue weighted by atomic mass is 10.2. The molecule has 0 saturated heterocycles. The Kier molecular flexibility index (Phi) is 3.96. The van der Waals surface area contributed by atoms with Gasteiger partial charge in [0.2, 0.25) is 0 Å². The van der Waals surface area contributed by atoms with Crippen molar-refractivity contribution in [1.29, 1.82) is 0 Å². The number of hydrogen-bond donors (Lipinski definition) is 1. The third-order valence-electron chi connectivity index (χ3n) is 3.04. The van der Waals surface area contributed by atoms with E-state index in [0.29, 0.717) is 11.4 Å². The van der Waals surface area contributed by atoms with Gasteiger partial charge in [0.25, 0.3) is 5.91 Å². The Morgan fingerprint density at radius 2 is 2.00 bits per heavy atom. The summed E-state index contributed by atoms with van der Waals surface area (Å²) in [5.74, 6) is -0.426. The number of halogens is 1. The number of nitrogens with one attached hydrogen (secondary N) is 1. The molecule has 1 heterocycles. The molecule has 0 aliphatic heterocycles. The van der Waals surface area contributed by atoms with E-state index in [-0.39, 0.29) is 12.5 Å². The van der Waals surface area contributed by atoms with E-state index in [2.05, 4.69) is 10.3 Å². The second-order valence-electron chi connectivity index (χ2n) is 4.71. The molecule has 1 aromatic heterocycles. The fraction of sp³-hybridized carbons (Fsp3) is 0.0588. The highest BCUT2D eigenvalue weighted by Crippen LogP contribution is 2.16. The van der Waals surface area contributed by atoms with Crippen molar-refractivity contribution < 1.29 is 13.9 Å². The maximum Gasteiger partial charge on any atom is 0.262 e. The lowest BCUT2D eigenvalue weighted by molar-refractivity contribution is -0.118. The number of amides is 1. The molecule has 3 aromatic rings. The van der Waals surface area contributed by atoms with Gasteiger partial charge in [0, 0.05) is 11.5 Å². The molecule has 0 aliphatic carbocycles. The van der Waals surface area contributed by atoms with E-state index in [0.717, 1.165) is 10.9 Å². The number of pyridine rings is 1. The zero-order valence-corrected chi connectivity index (χ0v) is 11.6. The van der Waals surface area contributed by atoms with E-state index >= 15 is 0 Å². The van der Waals surface area contributed by atoms with Gasteiger partial charge in [0.05, 0.1) is 17.4 Å². The zero-order chi connectivity index (χ0) is 15.4. The fourth-order valence-corrected chi connectivity index (χ4v) is 2.04. The van der Waals surface area contributed by atoms with E-state index < -0.39 is 5.82 Å². The SMILES string of the molecule is O=C(COc1cccc(F)c1)Nc1cnc2ccccc2c1. The first kappa shape index (κ1) is 14.0. The molecule has 0 spiro atoms. The van der Waals surface area contributed by atoms with Crippen LogP contribution in [0.5, 0.6) is 5.75 Å². The number of carbonyl (C=O) groups excluding carboxylic acids is 1. The van der Waals surface area contributed by atoms with Gasteiger partial charge in [-0.2, -0.15) is 0 Å². The van der Waals surface area contributed by atoms with Crippen LogP contribution in [0, 0.1) is 5.82 Å². The van der Waals surface area contributed by atoms with Gasteiger partial charge in [-0.25, -0.2) is 4.39 Å². The maximum absolute atomic E-state index is 13.0. The first-order valence-corrected chi connectivity index (χ1v) is 6.74. The number of nitrogens with zero attached hydrogens (tertiary/aromatic N) is 1. The van der Waals surface area contributed by atoms with Gasteiger partial charge in [0.15, 0.2) is 6.61 Å². The van der Waals surface area contributed by atoms with Crippen molar-refractivity contribution in [2.75, 3.05) is 11.9 Å². The average molecular weight is 296 g/mol. The quantitative estimate of drug-likeness (QED) is 0.803. The monoisotopic (exact) mass is 296 g/mol. The Hall–Kier alpha value is -2.95. The molecule has 3 rings (SSSR count). The summed E-state index contributed by atoms with van der Waals surface area (Å²) in [4.78, 5) is 16.1. The van der Waals surface area contributed by atoms with Crippen molar-refractivity contribution in [2.24, 2.45) is 0 Å². The predicted molar refractivity (Wildman–Crippen MR) is 82.3 cm³/mol. The summed E-state index contributed by atoms with van der Waals surface area (Å²) in [5, 5.41) is 3.64. The number of benzene rings is 2. The Morgan fingerprint density at radius 3 is 2.86 bits per heavy atom. The molecule has 0 unspecified atom stereocenters. The molecule has 22 heavy (non-hydrogen) atoms. The van der Waals surface area contributed by atoms with Gasteiger partial charge in [-0.3, -0.25) is 9.78 Å². The molecule has 0 bridgehead atoms. The molecule has 4 nitrogen and oxygen atoms in total. The molecular weight excluding hydrogens is 283 g/mol. The molecule has 5 heteroatoms. The summed E-state index contributed by atoms with van der Waals surface area (Å²) in [5.41, 5.74) is 1.45. The van der Waals surface area contributed by atoms with Gasteiger partial charge >= 0.3 is 0 Å².